The Kier molecular flexibility index (Phi) is 13.8. The molecule has 1 saturated heterocycles. The number of nitrogens with zero attached hydrogens (tertiary/aromatic N) is 4. The summed E-state index contributed by atoms with van der Waals surface area (Å²) >= 11 is 0. The number of urea groups is 1. The number of nitrogens with two attached hydrogens (primary N) is 1. The van der Waals surface area contributed by atoms with Gasteiger partial charge >= 0.3 is 6.03 Å². The van der Waals surface area contributed by atoms with Crippen molar-refractivity contribution >= 4 is 57.8 Å². The Bertz CT molecular complexity index is 2080. The third kappa shape index (κ3) is 10.4. The van der Waals surface area contributed by atoms with Crippen LogP contribution in [0.5, 0.6) is 0 Å². The summed E-state index contributed by atoms with van der Waals surface area (Å²) < 4.78 is 0. The molecule has 3 fully saturated rings. The van der Waals surface area contributed by atoms with Crippen molar-refractivity contribution in [1.29, 1.82) is 0 Å². The van der Waals surface area contributed by atoms with Crippen LogP contribution in [-0.2, 0) is 24.0 Å². The van der Waals surface area contributed by atoms with Gasteiger partial charge in [-0.05, 0) is 59.4 Å². The van der Waals surface area contributed by atoms with Gasteiger partial charge in [-0.2, -0.15) is 0 Å². The van der Waals surface area contributed by atoms with Crippen molar-refractivity contribution in [1.82, 2.24) is 35.7 Å². The van der Waals surface area contributed by atoms with E-state index in [9.17, 15) is 33.6 Å². The van der Waals surface area contributed by atoms with E-state index in [0.29, 0.717) is 18.5 Å². The van der Waals surface area contributed by atoms with Crippen LogP contribution in [-0.4, -0.2) is 105 Å². The number of carbonyl (C=O) groups is 7. The molecule has 2 saturated carbocycles. The van der Waals surface area contributed by atoms with Crippen molar-refractivity contribution in [3.8, 4) is 0 Å². The Balaban J connectivity index is 1.25. The molecule has 60 heavy (non-hydrogen) atoms. The zero-order valence-electron chi connectivity index (χ0n) is 34.8. The Labute approximate surface area is 350 Å². The fourth-order valence-electron chi connectivity index (χ4n) is 8.56. The van der Waals surface area contributed by atoms with Gasteiger partial charge in [0.25, 0.3) is 11.8 Å². The number of rotatable bonds is 14. The molecule has 2 aromatic carbocycles. The molecule has 6 rings (SSSR count). The standard InChI is InChI=1S/C44H57N9O7/c1-44(2,3)37(51-41(58)35(28-14-6-5-7-15-28)50-40(57)33-23-46-19-20-47-33)42(59)52(4)34-25-53(43(60)48-30-18-17-27-13-8-9-16-29(27)22-30)24-31(34)39(56)49-32(36(54)38(45)55)21-26-11-10-12-26/h8-9,13,16-20,22-23,26,28,31-32,34-35,37H,5-7,10-12,14-15,21,24-25H2,1-4H3,(H2,45,55)(H,48,60)(H,49,56)(H,50,57)(H,51,58)/t31-,32?,34+,35?,37?/m1/s1. The molecule has 2 aliphatic carbocycles. The molecule has 0 radical (unpaired) electrons. The molecule has 3 unspecified atom stereocenters. The quantitative estimate of drug-likeness (QED) is 0.150. The molecule has 320 valence electrons. The van der Waals surface area contributed by atoms with Gasteiger partial charge < -0.3 is 36.8 Å². The minimum absolute atomic E-state index is 0.0551. The lowest BCUT2D eigenvalue weighted by Gasteiger charge is -2.38. The number of benzene rings is 2. The molecule has 6 N–H and O–H groups in total. The molecule has 0 spiro atoms. The lowest BCUT2D eigenvalue weighted by molar-refractivity contribution is -0.143. The summed E-state index contributed by atoms with van der Waals surface area (Å²) in [7, 11) is 1.53. The largest absolute Gasteiger partial charge is 0.363 e. The summed E-state index contributed by atoms with van der Waals surface area (Å²) in [4.78, 5) is 106. The molecular weight excluding hydrogens is 767 g/mol. The van der Waals surface area contributed by atoms with E-state index in [1.165, 1.54) is 35.4 Å². The number of ketones is 1. The number of carbonyl (C=O) groups excluding carboxylic acids is 7. The maximum absolute atomic E-state index is 14.8. The van der Waals surface area contributed by atoms with E-state index >= 15 is 0 Å². The number of nitrogens with one attached hydrogen (secondary N) is 4. The molecule has 1 aromatic heterocycles. The van der Waals surface area contributed by atoms with Gasteiger partial charge in [0.2, 0.25) is 23.5 Å². The molecule has 16 heteroatoms. The van der Waals surface area contributed by atoms with E-state index in [1.807, 2.05) is 36.4 Å². The number of hydrogen-bond donors (Lipinski definition) is 5. The molecule has 3 aromatic rings. The van der Waals surface area contributed by atoms with Gasteiger partial charge in [0, 0.05) is 38.2 Å². The van der Waals surface area contributed by atoms with Crippen LogP contribution < -0.4 is 27.0 Å². The molecule has 0 bridgehead atoms. The van der Waals surface area contributed by atoms with Crippen LogP contribution in [0.4, 0.5) is 10.5 Å². The van der Waals surface area contributed by atoms with Crippen LogP contribution in [0, 0.1) is 23.2 Å². The van der Waals surface area contributed by atoms with E-state index in [0.717, 1.165) is 49.3 Å². The predicted octanol–water partition coefficient (Wildman–Crippen LogP) is 3.56. The number of amides is 7. The smallest absolute Gasteiger partial charge is 0.321 e. The number of fused-ring (bicyclic) bond motifs is 1. The monoisotopic (exact) mass is 823 g/mol. The highest BCUT2D eigenvalue weighted by Crippen LogP contribution is 2.32. The number of likely N-dealkylation sites (tertiary alicyclic amines) is 1. The van der Waals surface area contributed by atoms with Crippen LogP contribution in [0.25, 0.3) is 10.8 Å². The van der Waals surface area contributed by atoms with Crippen LogP contribution in [0.3, 0.4) is 0 Å². The maximum atomic E-state index is 14.8. The van der Waals surface area contributed by atoms with Gasteiger partial charge in [0.1, 0.15) is 17.8 Å². The van der Waals surface area contributed by atoms with E-state index in [-0.39, 0.29) is 37.0 Å². The van der Waals surface area contributed by atoms with Crippen molar-refractivity contribution in [2.24, 2.45) is 28.9 Å². The average molecular weight is 824 g/mol. The second-order valence-corrected chi connectivity index (χ2v) is 17.6. The van der Waals surface area contributed by atoms with Gasteiger partial charge in [0.15, 0.2) is 0 Å². The minimum Gasteiger partial charge on any atom is -0.363 e. The van der Waals surface area contributed by atoms with E-state index < -0.39 is 76.9 Å². The second kappa shape index (κ2) is 19.0. The van der Waals surface area contributed by atoms with Crippen LogP contribution in [0.2, 0.25) is 0 Å². The van der Waals surface area contributed by atoms with E-state index in [4.69, 9.17) is 5.73 Å². The van der Waals surface area contributed by atoms with Crippen molar-refractivity contribution in [3.63, 3.8) is 0 Å². The fourth-order valence-corrected chi connectivity index (χ4v) is 8.56. The first-order valence-corrected chi connectivity index (χ1v) is 20.9. The number of Topliss-reactive ketones (excluding diaryl/α,β-unsaturated/α-hetero) is 1. The van der Waals surface area contributed by atoms with Crippen molar-refractivity contribution < 1.29 is 33.6 Å². The summed E-state index contributed by atoms with van der Waals surface area (Å²) in [6.45, 7) is 5.25. The maximum Gasteiger partial charge on any atom is 0.321 e. The SMILES string of the molecule is CN(C(=O)C(NC(=O)C(NC(=O)c1cnccn1)C1CCCCC1)C(C)(C)C)[C@H]1CN(C(=O)Nc2ccc3ccccc3c2)C[C@H]1C(=O)NC(CC1CCC1)C(=O)C(N)=O. The highest BCUT2D eigenvalue weighted by Gasteiger charge is 2.47. The van der Waals surface area contributed by atoms with Crippen LogP contribution in [0.15, 0.2) is 61.1 Å². The number of primary amides is 1. The van der Waals surface area contributed by atoms with E-state index in [1.54, 1.807) is 26.8 Å². The summed E-state index contributed by atoms with van der Waals surface area (Å²) in [5, 5.41) is 13.4. The molecule has 16 nitrogen and oxygen atoms in total. The first-order valence-electron chi connectivity index (χ1n) is 20.9. The third-order valence-corrected chi connectivity index (χ3v) is 12.3. The van der Waals surface area contributed by atoms with Crippen molar-refractivity contribution in [2.75, 3.05) is 25.5 Å². The minimum atomic E-state index is -1.16. The Morgan fingerprint density at radius 1 is 0.867 bits per heavy atom. The lowest BCUT2D eigenvalue weighted by Crippen LogP contribution is -2.61. The van der Waals surface area contributed by atoms with Gasteiger partial charge in [-0.1, -0.05) is 89.6 Å². The molecule has 5 atom stereocenters. The second-order valence-electron chi connectivity index (χ2n) is 17.6. The molecular formula is C44H57N9O7. The normalized spacial score (nSPS) is 19.9. The Morgan fingerprint density at radius 2 is 1.58 bits per heavy atom. The summed E-state index contributed by atoms with van der Waals surface area (Å²) in [6.07, 6.45) is 11.3. The van der Waals surface area contributed by atoms with Crippen molar-refractivity contribution in [2.45, 2.75) is 103 Å². The highest BCUT2D eigenvalue weighted by atomic mass is 16.2. The zero-order valence-corrected chi connectivity index (χ0v) is 34.8. The number of hydrogen-bond acceptors (Lipinski definition) is 9. The highest BCUT2D eigenvalue weighted by molar-refractivity contribution is 6.37. The first kappa shape index (κ1) is 43.6. The van der Waals surface area contributed by atoms with Crippen LogP contribution >= 0.6 is 0 Å². The zero-order chi connectivity index (χ0) is 43.1. The first-order chi connectivity index (χ1) is 28.6. The van der Waals surface area contributed by atoms with Crippen molar-refractivity contribution in [3.05, 3.63) is 66.7 Å². The van der Waals surface area contributed by atoms with Gasteiger partial charge in [-0.15, -0.1) is 0 Å². The summed E-state index contributed by atoms with van der Waals surface area (Å²) in [5.41, 5.74) is 5.15. The molecule has 3 aliphatic rings. The average Bonchev–Trinajstić information content (AvgIpc) is 3.68. The van der Waals surface area contributed by atoms with Gasteiger partial charge in [0.05, 0.1) is 24.2 Å². The Morgan fingerprint density at radius 3 is 2.22 bits per heavy atom. The van der Waals surface area contributed by atoms with Crippen LogP contribution in [0.1, 0.15) is 89.0 Å². The third-order valence-electron chi connectivity index (χ3n) is 12.3. The topological polar surface area (TPSA) is 226 Å². The van der Waals surface area contributed by atoms with E-state index in [2.05, 4.69) is 31.2 Å². The molecule has 7 amide bonds. The van der Waals surface area contributed by atoms with Gasteiger partial charge in [-0.25, -0.2) is 9.78 Å². The Hall–Kier alpha value is -5.93. The number of likely N-dealkylation sites (N-methyl/N-ethyl adjacent to an activating group) is 1. The molecule has 2 heterocycles. The summed E-state index contributed by atoms with van der Waals surface area (Å²) in [6, 6.07) is 8.58. The fraction of sp³-hybridized carbons (Fsp3) is 0.523. The summed E-state index contributed by atoms with van der Waals surface area (Å²) in [5.74, 6) is -5.34. The number of aromatic nitrogens is 2. The number of anilines is 1. The predicted molar refractivity (Wildman–Crippen MR) is 224 cm³/mol. The molecule has 1 aliphatic heterocycles. The van der Waals surface area contributed by atoms with Gasteiger partial charge in [-0.3, -0.25) is 33.8 Å². The lowest BCUT2D eigenvalue weighted by atomic mass is 9.80.